The molecule has 1 aliphatic rings. The zero-order chi connectivity index (χ0) is 11.0. The van der Waals surface area contributed by atoms with Gasteiger partial charge in [-0.1, -0.05) is 47.5 Å². The maximum Gasteiger partial charge on any atom is 0.0121 e. The molecule has 0 spiro atoms. The third kappa shape index (κ3) is 2.50. The van der Waals surface area contributed by atoms with Crippen LogP contribution in [0.25, 0.3) is 0 Å². The number of hydrogen-bond donors (Lipinski definition) is 1. The quantitative estimate of drug-likeness (QED) is 0.683. The Balaban J connectivity index is 2.74. The van der Waals surface area contributed by atoms with Gasteiger partial charge in [-0.2, -0.15) is 0 Å². The van der Waals surface area contributed by atoms with Gasteiger partial charge in [-0.25, -0.2) is 0 Å². The van der Waals surface area contributed by atoms with E-state index in [4.69, 9.17) is 5.73 Å². The third-order valence-electron chi connectivity index (χ3n) is 4.02. The van der Waals surface area contributed by atoms with Crippen LogP contribution in [0.4, 0.5) is 0 Å². The molecule has 0 heterocycles. The van der Waals surface area contributed by atoms with Crippen molar-refractivity contribution in [2.75, 3.05) is 0 Å². The average Bonchev–Trinajstić information content (AvgIpc) is 2.00. The zero-order valence-corrected chi connectivity index (χ0v) is 10.6. The van der Waals surface area contributed by atoms with Crippen LogP contribution in [-0.2, 0) is 0 Å². The second-order valence-electron chi connectivity index (χ2n) is 6.73. The molecule has 0 aromatic carbocycles. The highest BCUT2D eigenvalue weighted by Gasteiger charge is 2.40. The largest absolute Gasteiger partial charge is 0.327 e. The Kier molecular flexibility index (Phi) is 3.30. The molecule has 0 bridgehead atoms. The second kappa shape index (κ2) is 3.84. The first-order valence-electron chi connectivity index (χ1n) is 6.01. The van der Waals surface area contributed by atoms with E-state index in [0.717, 1.165) is 0 Å². The lowest BCUT2D eigenvalue weighted by Crippen LogP contribution is -2.48. The lowest BCUT2D eigenvalue weighted by atomic mass is 9.61. The fourth-order valence-corrected chi connectivity index (χ4v) is 2.79. The fraction of sp³-hybridized carbons (Fsp3) is 1.00. The minimum atomic E-state index is 0.249. The van der Waals surface area contributed by atoms with Crippen molar-refractivity contribution in [1.29, 1.82) is 0 Å². The molecule has 2 atom stereocenters. The van der Waals surface area contributed by atoms with Crippen LogP contribution in [0.1, 0.15) is 60.3 Å². The molecule has 1 rings (SSSR count). The SMILES string of the molecule is CC(C)(C)C(N)C1CCCCC1(C)C. The minimum Gasteiger partial charge on any atom is -0.327 e. The monoisotopic (exact) mass is 197 g/mol. The van der Waals surface area contributed by atoms with Gasteiger partial charge in [-0.05, 0) is 29.6 Å². The number of rotatable bonds is 1. The molecular formula is C13H27N. The normalized spacial score (nSPS) is 30.0. The molecule has 0 radical (unpaired) electrons. The van der Waals surface area contributed by atoms with E-state index in [1.807, 2.05) is 0 Å². The highest BCUT2D eigenvalue weighted by atomic mass is 14.7. The van der Waals surface area contributed by atoms with Gasteiger partial charge >= 0.3 is 0 Å². The van der Waals surface area contributed by atoms with Gasteiger partial charge in [0.25, 0.3) is 0 Å². The van der Waals surface area contributed by atoms with E-state index in [1.165, 1.54) is 25.7 Å². The highest BCUT2D eigenvalue weighted by Crippen LogP contribution is 2.45. The van der Waals surface area contributed by atoms with E-state index in [1.54, 1.807) is 0 Å². The molecule has 1 nitrogen and oxygen atoms in total. The number of hydrogen-bond acceptors (Lipinski definition) is 1. The van der Waals surface area contributed by atoms with Crippen molar-refractivity contribution in [3.8, 4) is 0 Å². The van der Waals surface area contributed by atoms with Gasteiger partial charge in [0.2, 0.25) is 0 Å². The summed E-state index contributed by atoms with van der Waals surface area (Å²) in [6, 6.07) is 0.345. The van der Waals surface area contributed by atoms with Crippen LogP contribution in [0.5, 0.6) is 0 Å². The van der Waals surface area contributed by atoms with Crippen molar-refractivity contribution in [1.82, 2.24) is 0 Å². The van der Waals surface area contributed by atoms with Crippen LogP contribution in [0.2, 0.25) is 0 Å². The van der Waals surface area contributed by atoms with E-state index >= 15 is 0 Å². The van der Waals surface area contributed by atoms with Crippen molar-refractivity contribution in [2.24, 2.45) is 22.5 Å². The van der Waals surface area contributed by atoms with Crippen molar-refractivity contribution in [2.45, 2.75) is 66.3 Å². The van der Waals surface area contributed by atoms with E-state index in [2.05, 4.69) is 34.6 Å². The summed E-state index contributed by atoms with van der Waals surface area (Å²) in [7, 11) is 0. The van der Waals surface area contributed by atoms with E-state index in [0.29, 0.717) is 17.4 Å². The van der Waals surface area contributed by atoms with Gasteiger partial charge in [0, 0.05) is 6.04 Å². The first-order valence-corrected chi connectivity index (χ1v) is 6.01. The van der Waals surface area contributed by atoms with E-state index in [-0.39, 0.29) is 5.41 Å². The third-order valence-corrected chi connectivity index (χ3v) is 4.02. The zero-order valence-electron chi connectivity index (χ0n) is 10.6. The fourth-order valence-electron chi connectivity index (χ4n) is 2.79. The van der Waals surface area contributed by atoms with Crippen LogP contribution < -0.4 is 5.73 Å². The van der Waals surface area contributed by atoms with Crippen molar-refractivity contribution < 1.29 is 0 Å². The van der Waals surface area contributed by atoms with Gasteiger partial charge < -0.3 is 5.73 Å². The van der Waals surface area contributed by atoms with E-state index < -0.39 is 0 Å². The molecule has 0 aromatic rings. The van der Waals surface area contributed by atoms with Gasteiger partial charge in [0.05, 0.1) is 0 Å². The Morgan fingerprint density at radius 3 is 2.21 bits per heavy atom. The summed E-state index contributed by atoms with van der Waals surface area (Å²) in [5, 5.41) is 0. The van der Waals surface area contributed by atoms with Gasteiger partial charge in [-0.3, -0.25) is 0 Å². The topological polar surface area (TPSA) is 26.0 Å². The molecule has 2 N–H and O–H groups in total. The van der Waals surface area contributed by atoms with E-state index in [9.17, 15) is 0 Å². The summed E-state index contributed by atoms with van der Waals surface area (Å²) >= 11 is 0. The summed E-state index contributed by atoms with van der Waals surface area (Å²) in [5.41, 5.74) is 7.10. The van der Waals surface area contributed by atoms with Crippen molar-refractivity contribution in [3.05, 3.63) is 0 Å². The predicted octanol–water partition coefficient (Wildman–Crippen LogP) is 3.58. The Bertz CT molecular complexity index is 188. The molecule has 0 saturated heterocycles. The molecular weight excluding hydrogens is 170 g/mol. The summed E-state index contributed by atoms with van der Waals surface area (Å²) in [5.74, 6) is 0.705. The Morgan fingerprint density at radius 1 is 1.21 bits per heavy atom. The molecule has 1 saturated carbocycles. The first-order chi connectivity index (χ1) is 6.25. The van der Waals surface area contributed by atoms with Gasteiger partial charge in [0.1, 0.15) is 0 Å². The maximum atomic E-state index is 6.40. The predicted molar refractivity (Wildman–Crippen MR) is 63.2 cm³/mol. The minimum absolute atomic E-state index is 0.249. The molecule has 1 fully saturated rings. The molecule has 0 aliphatic heterocycles. The van der Waals surface area contributed by atoms with Crippen LogP contribution in [0, 0.1) is 16.7 Å². The standard InChI is InChI=1S/C13H27N/c1-12(2,3)11(14)10-8-6-7-9-13(10,4)5/h10-11H,6-9,14H2,1-5H3. The summed E-state index contributed by atoms with van der Waals surface area (Å²) in [6.07, 6.45) is 5.44. The Hall–Kier alpha value is -0.0400. The molecule has 84 valence electrons. The highest BCUT2D eigenvalue weighted by molar-refractivity contribution is 4.93. The first kappa shape index (κ1) is 12.0. The molecule has 0 amide bonds. The molecule has 1 aliphatic carbocycles. The lowest BCUT2D eigenvalue weighted by Gasteiger charge is -2.46. The average molecular weight is 197 g/mol. The summed E-state index contributed by atoms with van der Waals surface area (Å²) < 4.78 is 0. The molecule has 1 heteroatoms. The summed E-state index contributed by atoms with van der Waals surface area (Å²) in [4.78, 5) is 0. The van der Waals surface area contributed by atoms with Gasteiger partial charge in [0.15, 0.2) is 0 Å². The van der Waals surface area contributed by atoms with Gasteiger partial charge in [-0.15, -0.1) is 0 Å². The van der Waals surface area contributed by atoms with Crippen molar-refractivity contribution >= 4 is 0 Å². The lowest BCUT2D eigenvalue weighted by molar-refractivity contribution is 0.0699. The van der Waals surface area contributed by atoms with Crippen LogP contribution in [0.3, 0.4) is 0 Å². The smallest absolute Gasteiger partial charge is 0.0121 e. The summed E-state index contributed by atoms with van der Waals surface area (Å²) in [6.45, 7) is 11.6. The van der Waals surface area contributed by atoms with Crippen LogP contribution >= 0.6 is 0 Å². The Labute approximate surface area is 89.5 Å². The molecule has 2 unspecified atom stereocenters. The molecule has 14 heavy (non-hydrogen) atoms. The maximum absolute atomic E-state index is 6.40. The molecule has 0 aromatic heterocycles. The number of nitrogens with two attached hydrogens (primary N) is 1. The second-order valence-corrected chi connectivity index (χ2v) is 6.73. The van der Waals surface area contributed by atoms with Crippen LogP contribution in [-0.4, -0.2) is 6.04 Å². The Morgan fingerprint density at radius 2 is 1.79 bits per heavy atom. The van der Waals surface area contributed by atoms with Crippen molar-refractivity contribution in [3.63, 3.8) is 0 Å². The van der Waals surface area contributed by atoms with Crippen LogP contribution in [0.15, 0.2) is 0 Å².